The molecule has 0 N–H and O–H groups in total. The summed E-state index contributed by atoms with van der Waals surface area (Å²) in [5.41, 5.74) is 0.398. The number of ketones is 1. The van der Waals surface area contributed by atoms with Crippen LogP contribution in [0.4, 0.5) is 0 Å². The van der Waals surface area contributed by atoms with Crippen LogP contribution in [0.15, 0.2) is 30.3 Å². The Hall–Kier alpha value is -2.17. The van der Waals surface area contributed by atoms with Crippen LogP contribution in [0.5, 0.6) is 0 Å². The third kappa shape index (κ3) is 3.68. The molecule has 0 aliphatic carbocycles. The molecule has 1 aliphatic rings. The molecule has 1 saturated heterocycles. The van der Waals surface area contributed by atoms with Crippen molar-refractivity contribution in [3.63, 3.8) is 0 Å². The van der Waals surface area contributed by atoms with Crippen LogP contribution < -0.4 is 0 Å². The molecule has 0 radical (unpaired) electrons. The minimum atomic E-state index is -0.497. The lowest BCUT2D eigenvalue weighted by Gasteiger charge is -2.30. The van der Waals surface area contributed by atoms with Gasteiger partial charge in [-0.1, -0.05) is 30.3 Å². The Morgan fingerprint density at radius 2 is 1.76 bits per heavy atom. The summed E-state index contributed by atoms with van der Waals surface area (Å²) in [6, 6.07) is 8.52. The van der Waals surface area contributed by atoms with Crippen LogP contribution in [0.1, 0.15) is 30.1 Å². The number of rotatable bonds is 4. The number of nitrogens with zero attached hydrogens (tertiary/aromatic N) is 1. The van der Waals surface area contributed by atoms with E-state index in [2.05, 4.69) is 0 Å². The molecule has 112 valence electrons. The molecule has 0 bridgehead atoms. The number of esters is 1. The molecule has 5 heteroatoms. The maximum atomic E-state index is 12.2. The van der Waals surface area contributed by atoms with Gasteiger partial charge in [-0.05, 0) is 19.8 Å². The highest BCUT2D eigenvalue weighted by molar-refractivity contribution is 6.42. The third-order valence-electron chi connectivity index (χ3n) is 3.63. The van der Waals surface area contributed by atoms with Crippen molar-refractivity contribution in [2.75, 3.05) is 19.7 Å². The third-order valence-corrected chi connectivity index (χ3v) is 3.63. The summed E-state index contributed by atoms with van der Waals surface area (Å²) in [7, 11) is 0. The molecule has 1 aliphatic heterocycles. The van der Waals surface area contributed by atoms with Gasteiger partial charge in [0.05, 0.1) is 12.5 Å². The van der Waals surface area contributed by atoms with Gasteiger partial charge in [-0.2, -0.15) is 0 Å². The average Bonchev–Trinajstić information content (AvgIpc) is 2.54. The molecule has 2 rings (SSSR count). The van der Waals surface area contributed by atoms with Gasteiger partial charge < -0.3 is 9.64 Å². The largest absolute Gasteiger partial charge is 0.466 e. The number of benzene rings is 1. The molecule has 1 aromatic rings. The summed E-state index contributed by atoms with van der Waals surface area (Å²) in [5, 5.41) is 0. The fourth-order valence-corrected chi connectivity index (χ4v) is 2.44. The molecule has 0 unspecified atom stereocenters. The van der Waals surface area contributed by atoms with Gasteiger partial charge in [-0.15, -0.1) is 0 Å². The zero-order chi connectivity index (χ0) is 15.2. The molecular weight excluding hydrogens is 270 g/mol. The quantitative estimate of drug-likeness (QED) is 0.480. The number of hydrogen-bond acceptors (Lipinski definition) is 4. The summed E-state index contributed by atoms with van der Waals surface area (Å²) in [5.74, 6) is -1.37. The van der Waals surface area contributed by atoms with E-state index in [1.54, 1.807) is 37.3 Å². The molecule has 1 fully saturated rings. The predicted molar refractivity (Wildman–Crippen MR) is 76.7 cm³/mol. The maximum Gasteiger partial charge on any atom is 0.309 e. The fraction of sp³-hybridized carbons (Fsp3) is 0.438. The zero-order valence-corrected chi connectivity index (χ0v) is 12.1. The maximum absolute atomic E-state index is 12.2. The summed E-state index contributed by atoms with van der Waals surface area (Å²) in [4.78, 5) is 37.4. The Balaban J connectivity index is 1.91. The van der Waals surface area contributed by atoms with Crippen LogP contribution >= 0.6 is 0 Å². The van der Waals surface area contributed by atoms with Gasteiger partial charge in [-0.3, -0.25) is 14.4 Å². The molecule has 0 atom stereocenters. The highest BCUT2D eigenvalue weighted by Crippen LogP contribution is 2.19. The van der Waals surface area contributed by atoms with Crippen LogP contribution in [-0.4, -0.2) is 42.3 Å². The van der Waals surface area contributed by atoms with E-state index in [0.29, 0.717) is 38.1 Å². The van der Waals surface area contributed by atoms with Crippen molar-refractivity contribution < 1.29 is 19.1 Å². The highest BCUT2D eigenvalue weighted by atomic mass is 16.5. The van der Waals surface area contributed by atoms with Gasteiger partial charge in [0.2, 0.25) is 5.78 Å². The van der Waals surface area contributed by atoms with Crippen molar-refractivity contribution in [3.8, 4) is 0 Å². The van der Waals surface area contributed by atoms with Crippen molar-refractivity contribution in [2.24, 2.45) is 5.92 Å². The lowest BCUT2D eigenvalue weighted by atomic mass is 9.96. The van der Waals surface area contributed by atoms with Gasteiger partial charge in [0.15, 0.2) is 0 Å². The molecule has 1 aromatic carbocycles. The number of amides is 1. The Morgan fingerprint density at radius 3 is 2.33 bits per heavy atom. The number of Topliss-reactive ketones (excluding diaryl/α,β-unsaturated/α-hetero) is 1. The van der Waals surface area contributed by atoms with Crippen LogP contribution in [-0.2, 0) is 14.3 Å². The molecule has 0 aromatic heterocycles. The molecule has 0 saturated carbocycles. The van der Waals surface area contributed by atoms with Crippen molar-refractivity contribution in [2.45, 2.75) is 19.8 Å². The Kier molecular flexibility index (Phi) is 5.09. The lowest BCUT2D eigenvalue weighted by molar-refractivity contribution is -0.150. The van der Waals surface area contributed by atoms with Crippen LogP contribution in [0.2, 0.25) is 0 Å². The van der Waals surface area contributed by atoms with E-state index < -0.39 is 11.7 Å². The number of hydrogen-bond donors (Lipinski definition) is 0. The Labute approximate surface area is 123 Å². The first-order valence-corrected chi connectivity index (χ1v) is 7.18. The summed E-state index contributed by atoms with van der Waals surface area (Å²) in [6.07, 6.45) is 1.10. The Bertz CT molecular complexity index is 518. The summed E-state index contributed by atoms with van der Waals surface area (Å²) < 4.78 is 4.98. The second kappa shape index (κ2) is 7.02. The standard InChI is InChI=1S/C16H19NO4/c1-2-21-16(20)13-8-10-17(11-9-13)15(19)14(18)12-6-4-3-5-7-12/h3-7,13H,2,8-11H2,1H3. The number of ether oxygens (including phenoxy) is 1. The molecule has 21 heavy (non-hydrogen) atoms. The number of carbonyl (C=O) groups excluding carboxylic acids is 3. The van der Waals surface area contributed by atoms with Gasteiger partial charge in [-0.25, -0.2) is 0 Å². The number of piperidine rings is 1. The van der Waals surface area contributed by atoms with E-state index in [1.165, 1.54) is 4.90 Å². The van der Waals surface area contributed by atoms with Crippen molar-refractivity contribution >= 4 is 17.7 Å². The first-order valence-electron chi connectivity index (χ1n) is 7.18. The number of carbonyl (C=O) groups is 3. The van der Waals surface area contributed by atoms with E-state index in [1.807, 2.05) is 0 Å². The second-order valence-corrected chi connectivity index (χ2v) is 5.01. The fourth-order valence-electron chi connectivity index (χ4n) is 2.44. The molecular formula is C16H19NO4. The zero-order valence-electron chi connectivity index (χ0n) is 12.1. The van der Waals surface area contributed by atoms with Crippen LogP contribution in [0.25, 0.3) is 0 Å². The second-order valence-electron chi connectivity index (χ2n) is 5.01. The normalized spacial score (nSPS) is 15.6. The van der Waals surface area contributed by atoms with E-state index in [0.717, 1.165) is 0 Å². The van der Waals surface area contributed by atoms with E-state index in [4.69, 9.17) is 4.74 Å². The molecule has 1 heterocycles. The number of likely N-dealkylation sites (tertiary alicyclic amines) is 1. The van der Waals surface area contributed by atoms with E-state index in [9.17, 15) is 14.4 Å². The van der Waals surface area contributed by atoms with Crippen LogP contribution in [0.3, 0.4) is 0 Å². The average molecular weight is 289 g/mol. The van der Waals surface area contributed by atoms with Crippen molar-refractivity contribution in [1.82, 2.24) is 4.90 Å². The van der Waals surface area contributed by atoms with E-state index in [-0.39, 0.29) is 11.9 Å². The first-order chi connectivity index (χ1) is 10.1. The summed E-state index contributed by atoms with van der Waals surface area (Å²) in [6.45, 7) is 2.97. The Morgan fingerprint density at radius 1 is 1.14 bits per heavy atom. The molecule has 1 amide bonds. The monoisotopic (exact) mass is 289 g/mol. The predicted octanol–water partition coefficient (Wildman–Crippen LogP) is 1.67. The van der Waals surface area contributed by atoms with E-state index >= 15 is 0 Å². The minimum Gasteiger partial charge on any atom is -0.466 e. The molecule has 0 spiro atoms. The minimum absolute atomic E-state index is 0.166. The van der Waals surface area contributed by atoms with Crippen molar-refractivity contribution in [1.29, 1.82) is 0 Å². The van der Waals surface area contributed by atoms with Crippen LogP contribution in [0, 0.1) is 5.92 Å². The van der Waals surface area contributed by atoms with Gasteiger partial charge in [0.25, 0.3) is 5.91 Å². The summed E-state index contributed by atoms with van der Waals surface area (Å²) >= 11 is 0. The van der Waals surface area contributed by atoms with Gasteiger partial charge in [0.1, 0.15) is 0 Å². The lowest BCUT2D eigenvalue weighted by Crippen LogP contribution is -2.43. The topological polar surface area (TPSA) is 63.7 Å². The smallest absolute Gasteiger partial charge is 0.309 e. The first kappa shape index (κ1) is 15.2. The highest BCUT2D eigenvalue weighted by Gasteiger charge is 2.30. The SMILES string of the molecule is CCOC(=O)C1CCN(C(=O)C(=O)c2ccccc2)CC1. The molecule has 5 nitrogen and oxygen atoms in total. The van der Waals surface area contributed by atoms with Gasteiger partial charge >= 0.3 is 5.97 Å². The van der Waals surface area contributed by atoms with Crippen molar-refractivity contribution in [3.05, 3.63) is 35.9 Å². The van der Waals surface area contributed by atoms with Gasteiger partial charge in [0, 0.05) is 18.7 Å².